The summed E-state index contributed by atoms with van der Waals surface area (Å²) in [5, 5.41) is 1.04. The molecule has 3 rings (SSSR count). The summed E-state index contributed by atoms with van der Waals surface area (Å²) in [5.74, 6) is 1.15. The third-order valence-electron chi connectivity index (χ3n) is 3.39. The fourth-order valence-electron chi connectivity index (χ4n) is 2.10. The Morgan fingerprint density at radius 1 is 1.08 bits per heavy atom. The summed E-state index contributed by atoms with van der Waals surface area (Å²) in [4.78, 5) is 15.5. The highest BCUT2D eigenvalue weighted by molar-refractivity contribution is 9.10. The van der Waals surface area contributed by atoms with E-state index in [4.69, 9.17) is 15.2 Å². The average molecular weight is 387 g/mol. The maximum absolute atomic E-state index is 11.0. The van der Waals surface area contributed by atoms with Gasteiger partial charge in [0.25, 0.3) is 5.91 Å². The van der Waals surface area contributed by atoms with E-state index >= 15 is 0 Å². The second-order valence-corrected chi connectivity index (χ2v) is 6.14. The van der Waals surface area contributed by atoms with Gasteiger partial charge in [-0.2, -0.15) is 0 Å². The van der Waals surface area contributed by atoms with Crippen LogP contribution in [-0.4, -0.2) is 17.0 Å². The first-order valence-electron chi connectivity index (χ1n) is 7.31. The van der Waals surface area contributed by atoms with Gasteiger partial charge < -0.3 is 15.2 Å². The number of nitrogens with two attached hydrogens (primary N) is 1. The molecule has 2 N–H and O–H groups in total. The summed E-state index contributed by atoms with van der Waals surface area (Å²) in [5.41, 5.74) is 6.02. The minimum atomic E-state index is -0.683. The number of rotatable bonds is 5. The Kier molecular flexibility index (Phi) is 4.66. The van der Waals surface area contributed by atoms with Crippen LogP contribution in [0.4, 0.5) is 0 Å². The summed E-state index contributed by atoms with van der Waals surface area (Å²) >= 11 is 3.43. The van der Waals surface area contributed by atoms with Crippen LogP contribution in [-0.2, 0) is 4.79 Å². The molecule has 0 saturated carbocycles. The lowest BCUT2D eigenvalue weighted by molar-refractivity contribution is -0.123. The zero-order valence-electron chi connectivity index (χ0n) is 12.9. The molecule has 1 unspecified atom stereocenters. The van der Waals surface area contributed by atoms with Gasteiger partial charge in [-0.25, -0.2) is 4.98 Å². The van der Waals surface area contributed by atoms with Gasteiger partial charge >= 0.3 is 0 Å². The van der Waals surface area contributed by atoms with Gasteiger partial charge in [-0.3, -0.25) is 4.79 Å². The fraction of sp³-hybridized carbons (Fsp3) is 0.111. The van der Waals surface area contributed by atoms with Crippen molar-refractivity contribution >= 4 is 32.7 Å². The lowest BCUT2D eigenvalue weighted by atomic mass is 10.2. The van der Waals surface area contributed by atoms with E-state index in [1.807, 2.05) is 30.3 Å². The molecule has 122 valence electrons. The topological polar surface area (TPSA) is 74.4 Å². The molecule has 1 aromatic heterocycles. The van der Waals surface area contributed by atoms with Crippen molar-refractivity contribution in [2.45, 2.75) is 13.0 Å². The number of benzene rings is 2. The Bertz CT molecular complexity index is 881. The molecule has 2 aromatic carbocycles. The molecule has 24 heavy (non-hydrogen) atoms. The molecule has 0 aliphatic carbocycles. The van der Waals surface area contributed by atoms with Gasteiger partial charge in [-0.05, 0) is 49.4 Å². The highest BCUT2D eigenvalue weighted by Gasteiger charge is 2.10. The van der Waals surface area contributed by atoms with E-state index in [9.17, 15) is 4.79 Å². The molecule has 1 atom stereocenters. The van der Waals surface area contributed by atoms with Crippen molar-refractivity contribution in [3.63, 3.8) is 0 Å². The molecule has 0 radical (unpaired) electrons. The summed E-state index contributed by atoms with van der Waals surface area (Å²) in [6.45, 7) is 1.60. The minimum absolute atomic E-state index is 0.500. The van der Waals surface area contributed by atoms with Crippen LogP contribution in [0, 0.1) is 0 Å². The summed E-state index contributed by atoms with van der Waals surface area (Å²) in [7, 11) is 0. The minimum Gasteiger partial charge on any atom is -0.481 e. The number of ether oxygens (including phenoxy) is 2. The number of fused-ring (bicyclic) bond motifs is 1. The Morgan fingerprint density at radius 3 is 2.46 bits per heavy atom. The number of hydrogen-bond acceptors (Lipinski definition) is 4. The molecular formula is C18H15BrN2O3. The van der Waals surface area contributed by atoms with E-state index in [-0.39, 0.29) is 0 Å². The molecule has 3 aromatic rings. The maximum atomic E-state index is 11.0. The van der Waals surface area contributed by atoms with E-state index in [2.05, 4.69) is 20.9 Å². The van der Waals surface area contributed by atoms with E-state index < -0.39 is 12.0 Å². The third-order valence-corrected chi connectivity index (χ3v) is 3.88. The number of primary amides is 1. The predicted octanol–water partition coefficient (Wildman–Crippen LogP) is 4.04. The Morgan fingerprint density at radius 2 is 1.75 bits per heavy atom. The first-order chi connectivity index (χ1) is 11.5. The average Bonchev–Trinajstić information content (AvgIpc) is 2.56. The number of nitrogens with zero attached hydrogens (tertiary/aromatic N) is 1. The number of pyridine rings is 1. The highest BCUT2D eigenvalue weighted by atomic mass is 79.9. The highest BCUT2D eigenvalue weighted by Crippen LogP contribution is 2.26. The quantitative estimate of drug-likeness (QED) is 0.717. The number of halogens is 1. The van der Waals surface area contributed by atoms with Crippen molar-refractivity contribution in [1.82, 2.24) is 4.98 Å². The van der Waals surface area contributed by atoms with Crippen LogP contribution in [0.5, 0.6) is 17.4 Å². The first kappa shape index (κ1) is 16.3. The van der Waals surface area contributed by atoms with Gasteiger partial charge in [0, 0.05) is 15.9 Å². The van der Waals surface area contributed by atoms with Gasteiger partial charge in [0.05, 0.1) is 5.52 Å². The molecule has 0 aliphatic rings. The van der Waals surface area contributed by atoms with Crippen molar-refractivity contribution < 1.29 is 14.3 Å². The predicted molar refractivity (Wildman–Crippen MR) is 95.2 cm³/mol. The zero-order valence-corrected chi connectivity index (χ0v) is 14.5. The standard InChI is InChI=1S/C18H15BrN2O3/c1-11(18(20)22)23-14-5-7-15(8-6-14)24-17-9-3-12-2-4-13(19)10-16(12)21-17/h2-11H,1H3,(H2,20,22). The summed E-state index contributed by atoms with van der Waals surface area (Å²) in [6, 6.07) is 16.6. The number of hydrogen-bond donors (Lipinski definition) is 1. The SMILES string of the molecule is CC(Oc1ccc(Oc2ccc3ccc(Br)cc3n2)cc1)C(N)=O. The van der Waals surface area contributed by atoms with Gasteiger partial charge in [-0.1, -0.05) is 22.0 Å². The maximum Gasteiger partial charge on any atom is 0.258 e. The van der Waals surface area contributed by atoms with Crippen LogP contribution >= 0.6 is 15.9 Å². The molecule has 5 nitrogen and oxygen atoms in total. The van der Waals surface area contributed by atoms with Crippen molar-refractivity contribution in [1.29, 1.82) is 0 Å². The normalized spacial score (nSPS) is 11.9. The molecule has 0 bridgehead atoms. The lowest BCUT2D eigenvalue weighted by Gasteiger charge is -2.11. The Balaban J connectivity index is 1.75. The van der Waals surface area contributed by atoms with Gasteiger partial charge in [0.2, 0.25) is 5.88 Å². The van der Waals surface area contributed by atoms with Crippen LogP contribution in [0.2, 0.25) is 0 Å². The molecule has 6 heteroatoms. The number of carbonyl (C=O) groups excluding carboxylic acids is 1. The van der Waals surface area contributed by atoms with Gasteiger partial charge in [0.1, 0.15) is 11.5 Å². The van der Waals surface area contributed by atoms with Crippen LogP contribution in [0.1, 0.15) is 6.92 Å². The molecule has 1 heterocycles. The second kappa shape index (κ2) is 6.88. The van der Waals surface area contributed by atoms with Crippen LogP contribution in [0.25, 0.3) is 10.9 Å². The fourth-order valence-corrected chi connectivity index (χ4v) is 2.45. The van der Waals surface area contributed by atoms with E-state index in [0.29, 0.717) is 17.4 Å². The first-order valence-corrected chi connectivity index (χ1v) is 8.11. The number of carbonyl (C=O) groups is 1. The molecule has 0 aliphatic heterocycles. The lowest BCUT2D eigenvalue weighted by Crippen LogP contribution is -2.30. The smallest absolute Gasteiger partial charge is 0.258 e. The number of aromatic nitrogens is 1. The summed E-state index contributed by atoms with van der Waals surface area (Å²) in [6.07, 6.45) is -0.683. The second-order valence-electron chi connectivity index (χ2n) is 5.22. The third kappa shape index (κ3) is 3.83. The van der Waals surface area contributed by atoms with Crippen molar-refractivity contribution in [2.75, 3.05) is 0 Å². The number of amides is 1. The Labute approximate surface area is 147 Å². The largest absolute Gasteiger partial charge is 0.481 e. The van der Waals surface area contributed by atoms with E-state index in [1.54, 1.807) is 31.2 Å². The Hall–Kier alpha value is -2.60. The monoisotopic (exact) mass is 386 g/mol. The molecule has 1 amide bonds. The van der Waals surface area contributed by atoms with E-state index in [0.717, 1.165) is 15.4 Å². The van der Waals surface area contributed by atoms with Crippen molar-refractivity contribution in [3.05, 3.63) is 59.1 Å². The van der Waals surface area contributed by atoms with Gasteiger partial charge in [0.15, 0.2) is 6.10 Å². The molecule has 0 saturated heterocycles. The summed E-state index contributed by atoms with van der Waals surface area (Å²) < 4.78 is 12.1. The van der Waals surface area contributed by atoms with Gasteiger partial charge in [-0.15, -0.1) is 0 Å². The van der Waals surface area contributed by atoms with Crippen molar-refractivity contribution in [2.24, 2.45) is 5.73 Å². The molecule has 0 fully saturated rings. The van der Waals surface area contributed by atoms with E-state index in [1.165, 1.54) is 0 Å². The zero-order chi connectivity index (χ0) is 17.1. The molecule has 0 spiro atoms. The molecular weight excluding hydrogens is 372 g/mol. The van der Waals surface area contributed by atoms with Crippen LogP contribution in [0.3, 0.4) is 0 Å². The van der Waals surface area contributed by atoms with Crippen LogP contribution < -0.4 is 15.2 Å². The van der Waals surface area contributed by atoms with Crippen LogP contribution in [0.15, 0.2) is 59.1 Å². The van der Waals surface area contributed by atoms with Crippen molar-refractivity contribution in [3.8, 4) is 17.4 Å².